The first-order valence-corrected chi connectivity index (χ1v) is 19.4. The fourth-order valence-electron chi connectivity index (χ4n) is 8.58. The predicted octanol–water partition coefficient (Wildman–Crippen LogP) is 5.05. The molecule has 286 valence electrons. The maximum atomic E-state index is 14.2. The van der Waals surface area contributed by atoms with Crippen LogP contribution in [0, 0.1) is 0 Å². The summed E-state index contributed by atoms with van der Waals surface area (Å²) in [5.41, 5.74) is 8.06. The molecular weight excluding hydrogens is 717 g/mol. The number of nitrogens with one attached hydrogen (secondary N) is 1. The largest absolute Gasteiger partial charge is 0.493 e. The van der Waals surface area contributed by atoms with Crippen molar-refractivity contribution in [3.8, 4) is 5.75 Å². The number of allylic oxidation sites excluding steroid dienone is 1. The van der Waals surface area contributed by atoms with E-state index >= 15 is 0 Å². The second-order valence-corrected chi connectivity index (χ2v) is 15.1. The van der Waals surface area contributed by atoms with Gasteiger partial charge in [-0.2, -0.15) is 0 Å². The Balaban J connectivity index is 1.30. The van der Waals surface area contributed by atoms with Crippen molar-refractivity contribution in [2.75, 3.05) is 60.6 Å². The monoisotopic (exact) mass is 767 g/mol. The lowest BCUT2D eigenvalue weighted by Crippen LogP contribution is -2.56. The Morgan fingerprint density at radius 2 is 1.45 bits per heavy atom. The standard InChI is InChI=1S/C40H51Cl2N5O6/c1-45-26-13-14-27(45)23-28(22-26)46-17-19-47(20-18-46)34(48)24-32-37(40(50)52-3)38(35-29(41)9-6-10-30(35)42)36(39(49)51-2)31(44-32)15-12-25-8-4-5-11-33(25)53-21-7-16-43/h4-6,8-11,26-28,38,44H,7,12-24,43H2,1-3H3. The second kappa shape index (κ2) is 17.7. The van der Waals surface area contributed by atoms with E-state index in [0.29, 0.717) is 80.6 Å². The molecule has 1 amide bonds. The van der Waals surface area contributed by atoms with Gasteiger partial charge < -0.3 is 35.1 Å². The molecule has 2 aromatic rings. The number of para-hydroxylation sites is 1. The van der Waals surface area contributed by atoms with E-state index in [1.165, 1.54) is 39.9 Å². The van der Waals surface area contributed by atoms with Crippen LogP contribution in [0.15, 0.2) is 65.0 Å². The Labute approximate surface area is 322 Å². The zero-order valence-electron chi connectivity index (χ0n) is 30.9. The molecule has 2 bridgehead atoms. The number of fused-ring (bicyclic) bond motifs is 2. The van der Waals surface area contributed by atoms with Crippen molar-refractivity contribution in [3.05, 3.63) is 86.2 Å². The molecule has 0 spiro atoms. The van der Waals surface area contributed by atoms with Crippen molar-refractivity contribution in [1.29, 1.82) is 0 Å². The number of carbonyl (C=O) groups excluding carboxylic acids is 3. The topological polar surface area (TPSA) is 127 Å². The number of benzene rings is 2. The summed E-state index contributed by atoms with van der Waals surface area (Å²) in [6, 6.07) is 14.5. The number of piperazine rings is 1. The van der Waals surface area contributed by atoms with Crippen molar-refractivity contribution in [2.45, 2.75) is 75.4 Å². The first-order valence-electron chi connectivity index (χ1n) is 18.6. The van der Waals surface area contributed by atoms with Crippen molar-refractivity contribution in [3.63, 3.8) is 0 Å². The summed E-state index contributed by atoms with van der Waals surface area (Å²) in [7, 11) is 4.81. The van der Waals surface area contributed by atoms with Gasteiger partial charge in [-0.3, -0.25) is 9.69 Å². The number of methoxy groups -OCH3 is 2. The lowest BCUT2D eigenvalue weighted by molar-refractivity contribution is -0.137. The summed E-state index contributed by atoms with van der Waals surface area (Å²) in [6.07, 6.45) is 6.28. The number of carbonyl (C=O) groups is 3. The summed E-state index contributed by atoms with van der Waals surface area (Å²) in [4.78, 5) is 48.7. The van der Waals surface area contributed by atoms with Gasteiger partial charge in [-0.15, -0.1) is 0 Å². The fourth-order valence-corrected chi connectivity index (χ4v) is 9.20. The minimum Gasteiger partial charge on any atom is -0.493 e. The molecule has 3 fully saturated rings. The van der Waals surface area contributed by atoms with Crippen LogP contribution in [0.5, 0.6) is 5.75 Å². The SMILES string of the molecule is COC(=O)C1=C(CCc2ccccc2OCCCN)NC(CC(=O)N2CCN(C3CC4CCC(C3)N4C)CC2)=C(C(=O)OC)C1c1c(Cl)cccc1Cl. The molecule has 0 saturated carbocycles. The predicted molar refractivity (Wildman–Crippen MR) is 205 cm³/mol. The lowest BCUT2D eigenvalue weighted by atomic mass is 9.78. The molecule has 2 aromatic carbocycles. The van der Waals surface area contributed by atoms with Gasteiger partial charge in [0.2, 0.25) is 5.91 Å². The van der Waals surface area contributed by atoms with Crippen molar-refractivity contribution in [2.24, 2.45) is 5.73 Å². The van der Waals surface area contributed by atoms with Crippen LogP contribution in [0.2, 0.25) is 10.0 Å². The number of dihydropyridines is 1. The molecule has 4 aliphatic rings. The molecular formula is C40H51Cl2N5O6. The number of amides is 1. The Morgan fingerprint density at radius 1 is 0.830 bits per heavy atom. The zero-order valence-corrected chi connectivity index (χ0v) is 32.4. The van der Waals surface area contributed by atoms with Crippen LogP contribution in [0.1, 0.15) is 62.0 Å². The Morgan fingerprint density at radius 3 is 2.08 bits per heavy atom. The molecule has 11 nitrogen and oxygen atoms in total. The number of nitrogens with zero attached hydrogens (tertiary/aromatic N) is 3. The number of nitrogens with two attached hydrogens (primary N) is 1. The molecule has 13 heteroatoms. The van der Waals surface area contributed by atoms with Crippen LogP contribution in [0.4, 0.5) is 0 Å². The van der Waals surface area contributed by atoms with Gasteiger partial charge in [-0.25, -0.2) is 9.59 Å². The van der Waals surface area contributed by atoms with Crippen LogP contribution in [0.25, 0.3) is 0 Å². The highest BCUT2D eigenvalue weighted by molar-refractivity contribution is 6.36. The van der Waals surface area contributed by atoms with Gasteiger partial charge in [0.15, 0.2) is 0 Å². The van der Waals surface area contributed by atoms with Gasteiger partial charge in [-0.05, 0) is 82.3 Å². The third kappa shape index (κ3) is 8.55. The fraction of sp³-hybridized carbons (Fsp3) is 0.525. The highest BCUT2D eigenvalue weighted by atomic mass is 35.5. The van der Waals surface area contributed by atoms with Gasteiger partial charge in [0, 0.05) is 71.3 Å². The van der Waals surface area contributed by atoms with Gasteiger partial charge in [0.25, 0.3) is 0 Å². The molecule has 53 heavy (non-hydrogen) atoms. The van der Waals surface area contributed by atoms with E-state index in [1.54, 1.807) is 18.2 Å². The number of piperidine rings is 1. The first-order chi connectivity index (χ1) is 25.6. The number of aryl methyl sites for hydroxylation is 1. The van der Waals surface area contributed by atoms with Crippen LogP contribution < -0.4 is 15.8 Å². The van der Waals surface area contributed by atoms with Crippen LogP contribution >= 0.6 is 23.2 Å². The summed E-state index contributed by atoms with van der Waals surface area (Å²) < 4.78 is 16.7. The molecule has 3 atom stereocenters. The van der Waals surface area contributed by atoms with Crippen molar-refractivity contribution in [1.82, 2.24) is 20.0 Å². The Kier molecular flexibility index (Phi) is 13.0. The Bertz CT molecular complexity index is 1710. The van der Waals surface area contributed by atoms with Crippen LogP contribution in [0.3, 0.4) is 0 Å². The molecule has 0 aliphatic carbocycles. The summed E-state index contributed by atoms with van der Waals surface area (Å²) in [5.74, 6) is -1.84. The van der Waals surface area contributed by atoms with E-state index in [2.05, 4.69) is 22.2 Å². The number of ether oxygens (including phenoxy) is 3. The molecule has 3 N–H and O–H groups in total. The summed E-state index contributed by atoms with van der Waals surface area (Å²) >= 11 is 13.6. The minimum absolute atomic E-state index is 0.0888. The first kappa shape index (κ1) is 39.1. The van der Waals surface area contributed by atoms with Crippen molar-refractivity contribution < 1.29 is 28.6 Å². The number of esters is 2. The average Bonchev–Trinajstić information content (AvgIpc) is 3.35. The number of hydrogen-bond donors (Lipinski definition) is 2. The van der Waals surface area contributed by atoms with Gasteiger partial charge in [0.05, 0.1) is 44.3 Å². The maximum Gasteiger partial charge on any atom is 0.336 e. The molecule has 4 heterocycles. The second-order valence-electron chi connectivity index (χ2n) is 14.3. The maximum absolute atomic E-state index is 14.2. The van der Waals surface area contributed by atoms with E-state index in [-0.39, 0.29) is 33.5 Å². The van der Waals surface area contributed by atoms with Gasteiger partial charge >= 0.3 is 11.9 Å². The van der Waals surface area contributed by atoms with Crippen LogP contribution in [-0.4, -0.2) is 111 Å². The number of halogens is 2. The lowest BCUT2D eigenvalue weighted by Gasteiger charge is -2.45. The molecule has 3 saturated heterocycles. The van der Waals surface area contributed by atoms with E-state index in [4.69, 9.17) is 43.1 Å². The van der Waals surface area contributed by atoms with Crippen LogP contribution in [-0.2, 0) is 30.3 Å². The smallest absolute Gasteiger partial charge is 0.336 e. The Hall–Kier alpha value is -3.61. The summed E-state index contributed by atoms with van der Waals surface area (Å²) in [6.45, 7) is 3.78. The minimum atomic E-state index is -1.07. The van der Waals surface area contributed by atoms with E-state index in [0.717, 1.165) is 24.4 Å². The van der Waals surface area contributed by atoms with Gasteiger partial charge in [-0.1, -0.05) is 47.5 Å². The third-order valence-corrected chi connectivity index (χ3v) is 12.1. The zero-order chi connectivity index (χ0) is 37.6. The average molecular weight is 769 g/mol. The van der Waals surface area contributed by atoms with E-state index in [9.17, 15) is 14.4 Å². The highest BCUT2D eigenvalue weighted by Gasteiger charge is 2.43. The molecule has 3 unspecified atom stereocenters. The third-order valence-electron chi connectivity index (χ3n) is 11.4. The molecule has 0 aromatic heterocycles. The van der Waals surface area contributed by atoms with E-state index in [1.807, 2.05) is 29.2 Å². The quantitative estimate of drug-likeness (QED) is 0.211. The number of rotatable bonds is 13. The normalized spacial score (nSPS) is 23.5. The summed E-state index contributed by atoms with van der Waals surface area (Å²) in [5, 5.41) is 3.88. The highest BCUT2D eigenvalue weighted by Crippen LogP contribution is 2.46. The van der Waals surface area contributed by atoms with Gasteiger partial charge in [0.1, 0.15) is 5.75 Å². The molecule has 4 aliphatic heterocycles. The van der Waals surface area contributed by atoms with E-state index < -0.39 is 17.9 Å². The molecule has 0 radical (unpaired) electrons. The van der Waals surface area contributed by atoms with Crippen molar-refractivity contribution >= 4 is 41.0 Å². The number of hydrogen-bond acceptors (Lipinski definition) is 10. The molecule has 6 rings (SSSR count).